The molecule has 1 rings (SSSR count). The summed E-state index contributed by atoms with van der Waals surface area (Å²) in [4.78, 5) is 0. The van der Waals surface area contributed by atoms with Crippen LogP contribution in [0, 0.1) is 21.0 Å². The summed E-state index contributed by atoms with van der Waals surface area (Å²) in [6, 6.07) is 1.74. The van der Waals surface area contributed by atoms with E-state index < -0.39 is 38.6 Å². The molecule has 1 aromatic carbocycles. The normalized spacial score (nSPS) is 10.1. The Bertz CT molecular complexity index is 300. The van der Waals surface area contributed by atoms with Gasteiger partial charge in [-0.2, -0.15) is 0 Å². The fourth-order valence-electron chi connectivity index (χ4n) is 0.562. The van der Waals surface area contributed by atoms with Gasteiger partial charge in [-0.25, -0.2) is 13.2 Å². The predicted octanol–water partition coefficient (Wildman–Crippen LogP) is 2.59. The van der Waals surface area contributed by atoms with Crippen LogP contribution in [0.5, 0.6) is 0 Å². The van der Waals surface area contributed by atoms with E-state index in [1.807, 2.05) is 0 Å². The molecule has 0 heterocycles. The molecule has 0 radical (unpaired) electrons. The highest BCUT2D eigenvalue weighted by Crippen LogP contribution is 2.19. The Morgan fingerprint density at radius 2 is 1.73 bits per heavy atom. The largest absolute Gasteiger partial charge is 0.265 e. The molecule has 0 aliphatic rings. The van der Waals surface area contributed by atoms with Crippen molar-refractivity contribution >= 4 is 21.2 Å². The molecule has 1 aromatic rings. The lowest BCUT2D eigenvalue weighted by Crippen LogP contribution is -1.92. The average molecular weight is 274 g/mol. The van der Waals surface area contributed by atoms with Gasteiger partial charge >= 0.3 is 0 Å². The van der Waals surface area contributed by atoms with Crippen LogP contribution in [0.3, 0.4) is 0 Å². The molecule has 5 heteroatoms. The highest BCUT2D eigenvalue weighted by atomic mass is 127. The van der Waals surface area contributed by atoms with Crippen molar-refractivity contribution in [3.05, 3.63) is 33.2 Å². The summed E-state index contributed by atoms with van der Waals surface area (Å²) in [6.45, 7) is 0. The Kier molecular flexibility index (Phi) is 2.58. The maximum atomic E-state index is 12.5. The van der Waals surface area contributed by atoms with Crippen LogP contribution < -0.4 is 0 Å². The molecule has 0 saturated heterocycles. The molecule has 0 saturated carbocycles. The second kappa shape index (κ2) is 3.29. The maximum absolute atomic E-state index is 12.5. The molecular weight excluding hydrogens is 272 g/mol. The van der Waals surface area contributed by atoms with Gasteiger partial charge in [0.05, 0.1) is 3.57 Å². The van der Waals surface area contributed by atoms with E-state index in [9.17, 15) is 16.2 Å². The molecular formula is C6H2F3IO. The zero-order valence-corrected chi connectivity index (χ0v) is 7.23. The number of hydrogen-bond acceptors (Lipinski definition) is 1. The maximum Gasteiger partial charge on any atom is 0.195 e. The lowest BCUT2D eigenvalue weighted by Gasteiger charge is -1.94. The summed E-state index contributed by atoms with van der Waals surface area (Å²) in [5.74, 6) is -4.16. The fourth-order valence-corrected chi connectivity index (χ4v) is 1.32. The van der Waals surface area contributed by atoms with E-state index in [4.69, 9.17) is 0 Å². The Labute approximate surface area is 70.9 Å². The van der Waals surface area contributed by atoms with Crippen molar-refractivity contribution < 1.29 is 16.2 Å². The van der Waals surface area contributed by atoms with Gasteiger partial charge < -0.3 is 0 Å². The van der Waals surface area contributed by atoms with E-state index in [0.29, 0.717) is 0 Å². The van der Waals surface area contributed by atoms with Crippen molar-refractivity contribution in [2.24, 2.45) is 0 Å². The van der Waals surface area contributed by atoms with Crippen molar-refractivity contribution in [3.8, 4) is 0 Å². The smallest absolute Gasteiger partial charge is 0.195 e. The zero-order chi connectivity index (χ0) is 8.43. The van der Waals surface area contributed by atoms with E-state index in [1.54, 1.807) is 0 Å². The van der Waals surface area contributed by atoms with Crippen molar-refractivity contribution in [3.63, 3.8) is 0 Å². The minimum absolute atomic E-state index is 0.247. The van der Waals surface area contributed by atoms with E-state index in [0.717, 1.165) is 12.1 Å². The SMILES string of the molecule is O=Ic1ccc(F)c(F)c1F. The van der Waals surface area contributed by atoms with Gasteiger partial charge in [-0.05, 0) is 12.1 Å². The second-order valence-corrected chi connectivity index (χ2v) is 3.34. The molecule has 11 heavy (non-hydrogen) atoms. The number of hydrogen-bond donors (Lipinski definition) is 0. The van der Waals surface area contributed by atoms with E-state index in [-0.39, 0.29) is 3.57 Å². The van der Waals surface area contributed by atoms with Crippen LogP contribution in [0.15, 0.2) is 12.1 Å². The number of halogens is 4. The van der Waals surface area contributed by atoms with Gasteiger partial charge in [0.15, 0.2) is 38.6 Å². The van der Waals surface area contributed by atoms with E-state index in [2.05, 4.69) is 0 Å². The Hall–Kier alpha value is -0.460. The fraction of sp³-hybridized carbons (Fsp3) is 0. The molecule has 0 aliphatic heterocycles. The molecule has 0 aromatic heterocycles. The highest BCUT2D eigenvalue weighted by Gasteiger charge is 2.12. The number of rotatable bonds is 1. The Morgan fingerprint density at radius 1 is 1.09 bits per heavy atom. The molecule has 0 aliphatic carbocycles. The van der Waals surface area contributed by atoms with Crippen molar-refractivity contribution in [2.75, 3.05) is 0 Å². The van der Waals surface area contributed by atoms with E-state index >= 15 is 0 Å². The average Bonchev–Trinajstić information content (AvgIpc) is 2.01. The van der Waals surface area contributed by atoms with Gasteiger partial charge in [-0.3, -0.25) is 3.07 Å². The minimum atomic E-state index is -1.77. The zero-order valence-electron chi connectivity index (χ0n) is 5.07. The summed E-state index contributed by atoms with van der Waals surface area (Å²) in [7, 11) is 0. The summed E-state index contributed by atoms with van der Waals surface area (Å²) in [5.41, 5.74) is 0. The Balaban J connectivity index is 3.36. The third-order valence-corrected chi connectivity index (χ3v) is 2.38. The van der Waals surface area contributed by atoms with Crippen LogP contribution in [0.4, 0.5) is 13.2 Å². The first-order valence-electron chi connectivity index (χ1n) is 2.57. The summed E-state index contributed by atoms with van der Waals surface area (Å²) in [5, 5.41) is 0. The van der Waals surface area contributed by atoms with Gasteiger partial charge in [0.2, 0.25) is 0 Å². The lowest BCUT2D eigenvalue weighted by atomic mass is 10.3. The Morgan fingerprint density at radius 3 is 2.27 bits per heavy atom. The van der Waals surface area contributed by atoms with Crippen molar-refractivity contribution in [1.29, 1.82) is 0 Å². The molecule has 0 amide bonds. The molecule has 0 fully saturated rings. The third-order valence-electron chi connectivity index (χ3n) is 1.07. The quantitative estimate of drug-likeness (QED) is 0.437. The molecule has 0 N–H and O–H groups in total. The van der Waals surface area contributed by atoms with Crippen LogP contribution >= 0.6 is 21.2 Å². The molecule has 0 atom stereocenters. The van der Waals surface area contributed by atoms with Crippen LogP contribution in [0.1, 0.15) is 0 Å². The molecule has 60 valence electrons. The molecule has 0 bridgehead atoms. The first-order valence-corrected chi connectivity index (χ1v) is 4.53. The van der Waals surface area contributed by atoms with Crippen LogP contribution in [-0.2, 0) is 3.07 Å². The van der Waals surface area contributed by atoms with Gasteiger partial charge in [0.25, 0.3) is 0 Å². The highest BCUT2D eigenvalue weighted by molar-refractivity contribution is 14.1. The van der Waals surface area contributed by atoms with E-state index in [1.165, 1.54) is 0 Å². The number of benzene rings is 1. The first-order chi connectivity index (χ1) is 5.16. The standard InChI is InChI=1S/C6H2F3IO/c7-3-1-2-4(10-11)6(9)5(3)8/h1-2H. The van der Waals surface area contributed by atoms with Crippen LogP contribution in [0.2, 0.25) is 0 Å². The summed E-state index contributed by atoms with van der Waals surface area (Å²) >= 11 is -1.77. The monoisotopic (exact) mass is 274 g/mol. The minimum Gasteiger partial charge on any atom is -0.265 e. The van der Waals surface area contributed by atoms with Gasteiger partial charge in [0.1, 0.15) is 0 Å². The molecule has 1 nitrogen and oxygen atoms in total. The van der Waals surface area contributed by atoms with Gasteiger partial charge in [-0.15, -0.1) is 0 Å². The lowest BCUT2D eigenvalue weighted by molar-refractivity contribution is 0.443. The van der Waals surface area contributed by atoms with Crippen molar-refractivity contribution in [2.45, 2.75) is 0 Å². The van der Waals surface area contributed by atoms with Crippen molar-refractivity contribution in [1.82, 2.24) is 0 Å². The molecule has 0 spiro atoms. The summed E-state index contributed by atoms with van der Waals surface area (Å²) in [6.07, 6.45) is 0. The van der Waals surface area contributed by atoms with Gasteiger partial charge in [0, 0.05) is 0 Å². The molecule has 0 unspecified atom stereocenters. The van der Waals surface area contributed by atoms with Gasteiger partial charge in [-0.1, -0.05) is 0 Å². The third kappa shape index (κ3) is 1.58. The van der Waals surface area contributed by atoms with Crippen LogP contribution in [-0.4, -0.2) is 0 Å². The second-order valence-electron chi connectivity index (χ2n) is 1.73. The predicted molar refractivity (Wildman–Crippen MR) is 39.7 cm³/mol. The van der Waals surface area contributed by atoms with Crippen LogP contribution in [0.25, 0.3) is 0 Å². The summed E-state index contributed by atoms with van der Waals surface area (Å²) < 4.78 is 46.9. The first kappa shape index (κ1) is 8.63. The topological polar surface area (TPSA) is 17.1 Å².